The van der Waals surface area contributed by atoms with Crippen molar-refractivity contribution < 1.29 is 4.79 Å². The first-order valence-corrected chi connectivity index (χ1v) is 3.84. The van der Waals surface area contributed by atoms with Crippen LogP contribution in [0.5, 0.6) is 0 Å². The van der Waals surface area contributed by atoms with Gasteiger partial charge >= 0.3 is 0 Å². The van der Waals surface area contributed by atoms with Crippen molar-refractivity contribution in [1.29, 1.82) is 5.41 Å². The lowest BCUT2D eigenvalue weighted by molar-refractivity contribution is -0.111. The first-order valence-electron chi connectivity index (χ1n) is 3.46. The van der Waals surface area contributed by atoms with Crippen molar-refractivity contribution in [2.24, 2.45) is 0 Å². The van der Waals surface area contributed by atoms with Gasteiger partial charge in [-0.25, -0.2) is 0 Å². The lowest BCUT2D eigenvalue weighted by atomic mass is 10.1. The Labute approximate surface area is 75.7 Å². The zero-order valence-corrected chi connectivity index (χ0v) is 7.35. The van der Waals surface area contributed by atoms with Crippen LogP contribution in [0.1, 0.15) is 12.5 Å². The van der Waals surface area contributed by atoms with E-state index < -0.39 is 0 Å². The summed E-state index contributed by atoms with van der Waals surface area (Å²) >= 11 is 5.69. The minimum atomic E-state index is -0.253. The lowest BCUT2D eigenvalue weighted by Crippen LogP contribution is -2.09. The Balaban J connectivity index is 3.04. The van der Waals surface area contributed by atoms with E-state index in [-0.39, 0.29) is 11.5 Å². The number of hydrogen-bond acceptors (Lipinski definition) is 2. The van der Waals surface area contributed by atoms with Crippen molar-refractivity contribution in [2.75, 3.05) is 0 Å². The molecule has 0 aliphatic heterocycles. The van der Waals surface area contributed by atoms with Crippen LogP contribution in [0.4, 0.5) is 0 Å². The van der Waals surface area contributed by atoms with Crippen LogP contribution in [0.25, 0.3) is 0 Å². The highest BCUT2D eigenvalue weighted by Crippen LogP contribution is 2.11. The number of rotatable bonds is 2. The number of nitrogens with one attached hydrogen (secondary N) is 1. The smallest absolute Gasteiger partial charge is 0.177 e. The fourth-order valence-electron chi connectivity index (χ4n) is 0.847. The predicted octanol–water partition coefficient (Wildman–Crippen LogP) is 2.30. The monoisotopic (exact) mass is 181 g/mol. The van der Waals surface area contributed by atoms with Crippen molar-refractivity contribution in [3.8, 4) is 0 Å². The second-order valence-electron chi connectivity index (χ2n) is 2.44. The van der Waals surface area contributed by atoms with Crippen LogP contribution in [0.3, 0.4) is 0 Å². The summed E-state index contributed by atoms with van der Waals surface area (Å²) in [5, 5.41) is 7.91. The molecule has 3 heteroatoms. The molecule has 0 radical (unpaired) electrons. The normalized spacial score (nSPS) is 9.50. The summed E-state index contributed by atoms with van der Waals surface area (Å²) < 4.78 is 0. The summed E-state index contributed by atoms with van der Waals surface area (Å²) in [6.07, 6.45) is 0. The molecule has 2 nitrogen and oxygen atoms in total. The third-order valence-corrected chi connectivity index (χ3v) is 1.70. The number of hydrogen-bond donors (Lipinski definition) is 1. The van der Waals surface area contributed by atoms with E-state index in [1.807, 2.05) is 0 Å². The summed E-state index contributed by atoms with van der Waals surface area (Å²) in [5.74, 6) is -0.253. The highest BCUT2D eigenvalue weighted by molar-refractivity contribution is 6.44. The Bertz CT molecular complexity index is 333. The van der Waals surface area contributed by atoms with Gasteiger partial charge in [0, 0.05) is 17.5 Å². The van der Waals surface area contributed by atoms with Crippen LogP contribution >= 0.6 is 11.6 Å². The number of halogens is 1. The third-order valence-electron chi connectivity index (χ3n) is 1.47. The highest BCUT2D eigenvalue weighted by Gasteiger charge is 2.05. The van der Waals surface area contributed by atoms with Crippen molar-refractivity contribution in [3.05, 3.63) is 34.9 Å². The maximum absolute atomic E-state index is 10.8. The van der Waals surface area contributed by atoms with Crippen molar-refractivity contribution in [2.45, 2.75) is 6.92 Å². The number of Topliss-reactive ketones (excluding diaryl/α,β-unsaturated/α-hetero) is 1. The summed E-state index contributed by atoms with van der Waals surface area (Å²) in [4.78, 5) is 10.8. The Hall–Kier alpha value is -1.15. The molecule has 0 saturated carbocycles. The Kier molecular flexibility index (Phi) is 2.61. The summed E-state index contributed by atoms with van der Waals surface area (Å²) in [5.41, 5.74) is 0.563. The second kappa shape index (κ2) is 3.50. The molecular formula is C9H8ClNO. The fraction of sp³-hybridized carbons (Fsp3) is 0.111. The maximum Gasteiger partial charge on any atom is 0.177 e. The average molecular weight is 182 g/mol. The van der Waals surface area contributed by atoms with Gasteiger partial charge < -0.3 is 0 Å². The van der Waals surface area contributed by atoms with Crippen LogP contribution in [0.2, 0.25) is 5.02 Å². The van der Waals surface area contributed by atoms with Gasteiger partial charge in [-0.3, -0.25) is 10.2 Å². The summed E-state index contributed by atoms with van der Waals surface area (Å²) in [6.45, 7) is 1.36. The van der Waals surface area contributed by atoms with E-state index in [9.17, 15) is 4.79 Å². The van der Waals surface area contributed by atoms with Gasteiger partial charge in [0.05, 0.1) is 0 Å². The standard InChI is InChI=1S/C9H8ClNO/c1-6(12)9(11)7-3-2-4-8(10)5-7/h2-5,11H,1H3. The van der Waals surface area contributed by atoms with E-state index in [0.717, 1.165) is 0 Å². The van der Waals surface area contributed by atoms with Crippen molar-refractivity contribution in [1.82, 2.24) is 0 Å². The van der Waals surface area contributed by atoms with Gasteiger partial charge in [0.1, 0.15) is 5.71 Å². The first kappa shape index (κ1) is 8.94. The molecule has 12 heavy (non-hydrogen) atoms. The molecule has 0 fully saturated rings. The molecule has 1 rings (SSSR count). The molecule has 62 valence electrons. The third kappa shape index (κ3) is 1.92. The van der Waals surface area contributed by atoms with Gasteiger partial charge in [0.15, 0.2) is 5.78 Å². The van der Waals surface area contributed by atoms with Gasteiger partial charge in [-0.15, -0.1) is 0 Å². The largest absolute Gasteiger partial charge is 0.297 e. The van der Waals surface area contributed by atoms with Crippen LogP contribution in [0, 0.1) is 5.41 Å². The molecule has 0 unspecified atom stereocenters. The highest BCUT2D eigenvalue weighted by atomic mass is 35.5. The Morgan fingerprint density at radius 3 is 2.67 bits per heavy atom. The fourth-order valence-corrected chi connectivity index (χ4v) is 1.04. The van der Waals surface area contributed by atoms with Crippen LogP contribution in [-0.2, 0) is 4.79 Å². The van der Waals surface area contributed by atoms with Gasteiger partial charge in [0.25, 0.3) is 0 Å². The van der Waals surface area contributed by atoms with Gasteiger partial charge in [-0.1, -0.05) is 23.7 Å². The van der Waals surface area contributed by atoms with E-state index in [1.54, 1.807) is 24.3 Å². The second-order valence-corrected chi connectivity index (χ2v) is 2.88. The van der Waals surface area contributed by atoms with Crippen molar-refractivity contribution >= 4 is 23.1 Å². The number of carbonyl (C=O) groups is 1. The molecule has 0 aliphatic carbocycles. The molecule has 0 aromatic heterocycles. The molecule has 0 atom stereocenters. The lowest BCUT2D eigenvalue weighted by Gasteiger charge is -1.98. The number of carbonyl (C=O) groups excluding carboxylic acids is 1. The Morgan fingerprint density at radius 1 is 1.50 bits per heavy atom. The molecule has 0 spiro atoms. The maximum atomic E-state index is 10.8. The van der Waals surface area contributed by atoms with E-state index in [4.69, 9.17) is 17.0 Å². The molecule has 1 aromatic carbocycles. The predicted molar refractivity (Wildman–Crippen MR) is 49.0 cm³/mol. The summed E-state index contributed by atoms with van der Waals surface area (Å²) in [6, 6.07) is 6.72. The molecule has 0 saturated heterocycles. The van der Waals surface area contributed by atoms with Crippen LogP contribution in [0.15, 0.2) is 24.3 Å². The summed E-state index contributed by atoms with van der Waals surface area (Å²) in [7, 11) is 0. The number of benzene rings is 1. The molecular weight excluding hydrogens is 174 g/mol. The molecule has 1 aromatic rings. The molecule has 0 amide bonds. The number of ketones is 1. The molecule has 0 aliphatic rings. The zero-order valence-electron chi connectivity index (χ0n) is 6.60. The van der Waals surface area contributed by atoms with E-state index >= 15 is 0 Å². The minimum absolute atomic E-state index is 0.00231. The van der Waals surface area contributed by atoms with E-state index in [1.165, 1.54) is 6.92 Å². The quantitative estimate of drug-likeness (QED) is 0.699. The van der Waals surface area contributed by atoms with Crippen LogP contribution in [-0.4, -0.2) is 11.5 Å². The van der Waals surface area contributed by atoms with Gasteiger partial charge in [0.2, 0.25) is 0 Å². The van der Waals surface area contributed by atoms with Crippen LogP contribution < -0.4 is 0 Å². The minimum Gasteiger partial charge on any atom is -0.297 e. The molecule has 1 N–H and O–H groups in total. The molecule has 0 heterocycles. The van der Waals surface area contributed by atoms with E-state index in [2.05, 4.69) is 0 Å². The van der Waals surface area contributed by atoms with Crippen molar-refractivity contribution in [3.63, 3.8) is 0 Å². The Morgan fingerprint density at radius 2 is 2.17 bits per heavy atom. The van der Waals surface area contributed by atoms with Gasteiger partial charge in [-0.05, 0) is 12.1 Å². The average Bonchev–Trinajstić information content (AvgIpc) is 2.03. The zero-order chi connectivity index (χ0) is 9.14. The SMILES string of the molecule is CC(=O)C(=N)c1cccc(Cl)c1. The first-order chi connectivity index (χ1) is 5.61. The molecule has 0 bridgehead atoms. The topological polar surface area (TPSA) is 40.9 Å². The van der Waals surface area contributed by atoms with Gasteiger partial charge in [-0.2, -0.15) is 0 Å². The van der Waals surface area contributed by atoms with E-state index in [0.29, 0.717) is 10.6 Å².